The van der Waals surface area contributed by atoms with Crippen molar-refractivity contribution in [3.8, 4) is 23.2 Å². The van der Waals surface area contributed by atoms with Crippen LogP contribution in [-0.2, 0) is 16.6 Å². The Bertz CT molecular complexity index is 1820. The van der Waals surface area contributed by atoms with E-state index in [0.717, 1.165) is 50.8 Å². The summed E-state index contributed by atoms with van der Waals surface area (Å²) in [6.45, 7) is 5.64. The number of hydrogen-bond acceptors (Lipinski definition) is 12. The van der Waals surface area contributed by atoms with Crippen LogP contribution in [0.4, 0.5) is 21.7 Å². The Balaban J connectivity index is 0.954. The molecule has 7 rings (SSSR count). The number of aliphatic hydroxyl groups excluding tert-OH is 1. The molecule has 3 aliphatic rings. The van der Waals surface area contributed by atoms with Crippen molar-refractivity contribution in [3.63, 3.8) is 0 Å². The number of rotatable bonds is 9. The molecule has 15 heteroatoms. The summed E-state index contributed by atoms with van der Waals surface area (Å²) in [5, 5.41) is 27.5. The topological polar surface area (TPSA) is 158 Å². The van der Waals surface area contributed by atoms with E-state index in [4.69, 9.17) is 9.47 Å². The van der Waals surface area contributed by atoms with Crippen LogP contribution in [-0.4, -0.2) is 116 Å². The minimum Gasteiger partial charge on any atom is -0.486 e. The molecule has 14 nitrogen and oxygen atoms in total. The smallest absolute Gasteiger partial charge is 0.256 e. The molecule has 2 aromatic heterocycles. The van der Waals surface area contributed by atoms with Gasteiger partial charge in [0, 0.05) is 74.9 Å². The number of likely N-dealkylation sites (tertiary alicyclic amines) is 1. The van der Waals surface area contributed by atoms with Gasteiger partial charge >= 0.3 is 0 Å². The van der Waals surface area contributed by atoms with E-state index < -0.39 is 24.3 Å². The number of aliphatic hydroxyl groups is 1. The molecule has 0 spiro atoms. The number of aromatic nitrogens is 5. The molecule has 4 aromatic rings. The molecule has 1 amide bonds. The van der Waals surface area contributed by atoms with Gasteiger partial charge in [0.1, 0.15) is 24.3 Å². The first-order chi connectivity index (χ1) is 23.8. The number of carbonyl (C=O) groups excluding carboxylic acids is 1. The van der Waals surface area contributed by atoms with Gasteiger partial charge in [-0.3, -0.25) is 14.4 Å². The summed E-state index contributed by atoms with van der Waals surface area (Å²) in [4.78, 5) is 32.1. The Morgan fingerprint density at radius 2 is 1.92 bits per heavy atom. The number of nitrogens with one attached hydrogen (secondary N) is 1. The Labute approximate surface area is 282 Å². The highest BCUT2D eigenvalue weighted by atomic mass is 19.1. The van der Waals surface area contributed by atoms with Crippen molar-refractivity contribution >= 4 is 23.2 Å². The number of carbonyl (C=O) groups is 1. The van der Waals surface area contributed by atoms with Crippen molar-refractivity contribution in [1.29, 1.82) is 5.26 Å². The Morgan fingerprint density at radius 3 is 2.59 bits per heavy atom. The molecule has 0 radical (unpaired) electrons. The summed E-state index contributed by atoms with van der Waals surface area (Å²) in [6.07, 6.45) is 0.721. The van der Waals surface area contributed by atoms with E-state index in [0.29, 0.717) is 28.9 Å². The lowest BCUT2D eigenvalue weighted by molar-refractivity contribution is -0.144. The predicted molar refractivity (Wildman–Crippen MR) is 177 cm³/mol. The molecule has 49 heavy (non-hydrogen) atoms. The van der Waals surface area contributed by atoms with Crippen molar-refractivity contribution in [1.82, 2.24) is 34.5 Å². The largest absolute Gasteiger partial charge is 0.486 e. The summed E-state index contributed by atoms with van der Waals surface area (Å²) >= 11 is 0. The fourth-order valence-electron chi connectivity index (χ4n) is 6.30. The SMILES string of the molecule is Cn1cc(C(O)C(=O)N2CC[C@H](Oc3ccc(-c4ncnc(Nc5ccc(N6CCN(C7COC7)CC6)cc5)n4)cc3C#N)[C@@H](F)C2)cn1. The van der Waals surface area contributed by atoms with Gasteiger partial charge in [-0.1, -0.05) is 0 Å². The maximum Gasteiger partial charge on any atom is 0.256 e. The van der Waals surface area contributed by atoms with Gasteiger partial charge in [-0.25, -0.2) is 14.4 Å². The number of nitrogens with zero attached hydrogens (tertiary/aromatic N) is 9. The average Bonchev–Trinajstić information content (AvgIpc) is 3.54. The standard InChI is InChI=1S/C34H37FN10O4/c1-42-17-24(16-39-42)31(46)33(47)45-9-8-30(28(35)18-45)49-29-7-2-22(14-23(29)15-36)32-37-21-38-34(41-32)40-25-3-5-26(6-4-25)43-10-12-44(13-11-43)27-19-48-20-27/h2-7,14,16-17,21,27-28,30-31,46H,8-13,18-20H2,1H3,(H,37,38,40,41)/t28-,30-,31?/m0/s1. The Morgan fingerprint density at radius 1 is 1.12 bits per heavy atom. The van der Waals surface area contributed by atoms with Crippen LogP contribution in [0.1, 0.15) is 23.7 Å². The number of benzene rings is 2. The Kier molecular flexibility index (Phi) is 9.34. The summed E-state index contributed by atoms with van der Waals surface area (Å²) in [7, 11) is 1.68. The van der Waals surface area contributed by atoms with Crippen LogP contribution in [0.15, 0.2) is 61.2 Å². The zero-order valence-corrected chi connectivity index (χ0v) is 27.0. The molecule has 1 unspecified atom stereocenters. The maximum absolute atomic E-state index is 15.2. The first-order valence-corrected chi connectivity index (χ1v) is 16.3. The number of alkyl halides is 1. The lowest BCUT2D eigenvalue weighted by Crippen LogP contribution is -2.56. The van der Waals surface area contributed by atoms with E-state index >= 15 is 4.39 Å². The summed E-state index contributed by atoms with van der Waals surface area (Å²) in [6, 6.07) is 15.7. The summed E-state index contributed by atoms with van der Waals surface area (Å²) in [5.41, 5.74) is 3.10. The number of piperidine rings is 1. The van der Waals surface area contributed by atoms with E-state index in [1.54, 1.807) is 31.4 Å². The molecule has 5 heterocycles. The zero-order chi connectivity index (χ0) is 33.9. The van der Waals surface area contributed by atoms with Crippen LogP contribution in [0.5, 0.6) is 5.75 Å². The Hall–Kier alpha value is -5.17. The number of hydrogen-bond donors (Lipinski definition) is 2. The van der Waals surface area contributed by atoms with Crippen molar-refractivity contribution < 1.29 is 23.8 Å². The average molecular weight is 669 g/mol. The van der Waals surface area contributed by atoms with Crippen molar-refractivity contribution in [2.75, 3.05) is 62.7 Å². The van der Waals surface area contributed by atoms with E-state index in [1.165, 1.54) is 22.1 Å². The lowest BCUT2D eigenvalue weighted by atomic mass is 10.0. The zero-order valence-electron chi connectivity index (χ0n) is 27.0. The molecule has 3 fully saturated rings. The molecule has 0 aliphatic carbocycles. The van der Waals surface area contributed by atoms with Crippen molar-refractivity contribution in [2.24, 2.45) is 7.05 Å². The number of piperazine rings is 1. The molecular formula is C34H37FN10O4. The third-order valence-corrected chi connectivity index (χ3v) is 9.22. The second-order valence-electron chi connectivity index (χ2n) is 12.4. The van der Waals surface area contributed by atoms with Crippen molar-refractivity contribution in [2.45, 2.75) is 30.8 Å². The number of amides is 1. The molecule has 3 atom stereocenters. The number of nitriles is 1. The second kappa shape index (κ2) is 14.1. The number of halogens is 1. The third-order valence-electron chi connectivity index (χ3n) is 9.22. The molecule has 2 aromatic carbocycles. The van der Waals surface area contributed by atoms with Gasteiger partial charge in [-0.2, -0.15) is 15.3 Å². The van der Waals surface area contributed by atoms with Gasteiger partial charge in [0.2, 0.25) is 5.95 Å². The van der Waals surface area contributed by atoms with E-state index in [2.05, 4.69) is 53.4 Å². The quantitative estimate of drug-likeness (QED) is 0.269. The molecule has 3 aliphatic heterocycles. The lowest BCUT2D eigenvalue weighted by Gasteiger charge is -2.43. The highest BCUT2D eigenvalue weighted by Crippen LogP contribution is 2.30. The second-order valence-corrected chi connectivity index (χ2v) is 12.4. The fraction of sp³-hybridized carbons (Fsp3) is 0.412. The van der Waals surface area contributed by atoms with Gasteiger partial charge in [0.15, 0.2) is 18.1 Å². The summed E-state index contributed by atoms with van der Waals surface area (Å²) in [5.74, 6) is 0.335. The van der Waals surface area contributed by atoms with Gasteiger partial charge in [-0.15, -0.1) is 0 Å². The minimum absolute atomic E-state index is 0.190. The number of anilines is 3. The maximum atomic E-state index is 15.2. The molecule has 2 N–H and O–H groups in total. The first kappa shape index (κ1) is 32.4. The fourth-order valence-corrected chi connectivity index (χ4v) is 6.30. The molecule has 0 bridgehead atoms. The monoisotopic (exact) mass is 668 g/mol. The van der Waals surface area contributed by atoms with Gasteiger partial charge in [-0.05, 0) is 42.5 Å². The highest BCUT2D eigenvalue weighted by Gasteiger charge is 2.36. The van der Waals surface area contributed by atoms with Crippen LogP contribution in [0.2, 0.25) is 0 Å². The first-order valence-electron chi connectivity index (χ1n) is 16.3. The van der Waals surface area contributed by atoms with E-state index in [-0.39, 0.29) is 30.8 Å². The molecular weight excluding hydrogens is 631 g/mol. The third kappa shape index (κ3) is 7.16. The van der Waals surface area contributed by atoms with Crippen molar-refractivity contribution in [3.05, 3.63) is 72.3 Å². The normalized spacial score (nSPS) is 20.7. The molecule has 254 valence electrons. The molecule has 3 saturated heterocycles. The van der Waals surface area contributed by atoms with E-state index in [1.807, 2.05) is 12.1 Å². The van der Waals surface area contributed by atoms with Gasteiger partial charge in [0.05, 0.1) is 37.6 Å². The van der Waals surface area contributed by atoms with Crippen LogP contribution in [0.3, 0.4) is 0 Å². The van der Waals surface area contributed by atoms with Crippen LogP contribution < -0.4 is 15.0 Å². The molecule has 0 saturated carbocycles. The highest BCUT2D eigenvalue weighted by molar-refractivity contribution is 5.82. The van der Waals surface area contributed by atoms with Crippen LogP contribution >= 0.6 is 0 Å². The minimum atomic E-state index is -1.52. The predicted octanol–water partition coefficient (Wildman–Crippen LogP) is 2.46. The number of aryl methyl sites for hydroxylation is 1. The van der Waals surface area contributed by atoms with Crippen LogP contribution in [0, 0.1) is 11.3 Å². The van der Waals surface area contributed by atoms with Crippen LogP contribution in [0.25, 0.3) is 11.4 Å². The van der Waals surface area contributed by atoms with Gasteiger partial charge in [0.25, 0.3) is 5.91 Å². The summed E-state index contributed by atoms with van der Waals surface area (Å²) < 4.78 is 28.0. The number of ether oxygens (including phenoxy) is 2. The van der Waals surface area contributed by atoms with Gasteiger partial charge < -0.3 is 29.7 Å². The van der Waals surface area contributed by atoms with E-state index in [9.17, 15) is 15.2 Å².